The number of nitrogens with one attached hydrogen (secondary N) is 1. The van der Waals surface area contributed by atoms with E-state index >= 15 is 0 Å². The molecule has 0 radical (unpaired) electrons. The first kappa shape index (κ1) is 23.2. The lowest BCUT2D eigenvalue weighted by molar-refractivity contribution is -0.115. The quantitative estimate of drug-likeness (QED) is 0.349. The van der Waals surface area contributed by atoms with Crippen LogP contribution in [0.15, 0.2) is 47.6 Å². The Morgan fingerprint density at radius 1 is 1.29 bits per heavy atom. The van der Waals surface area contributed by atoms with Gasteiger partial charge in [-0.3, -0.25) is 4.79 Å². The van der Waals surface area contributed by atoms with Crippen molar-refractivity contribution in [3.8, 4) is 11.4 Å². The molecule has 0 bridgehead atoms. The first-order valence-electron chi connectivity index (χ1n) is 9.81. The number of thioether (sulfide) groups is 1. The number of benzene rings is 2. The summed E-state index contributed by atoms with van der Waals surface area (Å²) >= 11 is 7.65. The zero-order chi connectivity index (χ0) is 22.4. The average molecular weight is 463 g/mol. The number of hydrogen-bond donors (Lipinski definition) is 1. The molecule has 6 nitrogen and oxygen atoms in total. The van der Waals surface area contributed by atoms with Gasteiger partial charge in [-0.25, -0.2) is 4.39 Å². The number of nitrogens with zero attached hydrogens (tertiary/aromatic N) is 3. The van der Waals surface area contributed by atoms with E-state index in [9.17, 15) is 9.18 Å². The van der Waals surface area contributed by atoms with Crippen molar-refractivity contribution in [1.29, 1.82) is 0 Å². The Morgan fingerprint density at radius 3 is 2.77 bits per heavy atom. The third kappa shape index (κ3) is 5.84. The summed E-state index contributed by atoms with van der Waals surface area (Å²) in [6.07, 6.45) is 0.753. The predicted octanol–water partition coefficient (Wildman–Crippen LogP) is 5.20. The number of hydrogen-bond acceptors (Lipinski definition) is 5. The third-order valence-corrected chi connectivity index (χ3v) is 6.06. The summed E-state index contributed by atoms with van der Waals surface area (Å²) in [5.41, 5.74) is 1.71. The monoisotopic (exact) mass is 462 g/mol. The predicted molar refractivity (Wildman–Crippen MR) is 122 cm³/mol. The molecule has 0 aliphatic heterocycles. The Kier molecular flexibility index (Phi) is 8.06. The molecule has 2 aromatic carbocycles. The van der Waals surface area contributed by atoms with Crippen LogP contribution in [0.5, 0.6) is 0 Å². The number of amides is 1. The Morgan fingerprint density at radius 2 is 2.06 bits per heavy atom. The van der Waals surface area contributed by atoms with Crippen LogP contribution in [0.2, 0.25) is 5.02 Å². The molecule has 164 valence electrons. The molecule has 1 aromatic heterocycles. The number of halogens is 2. The number of carbonyl (C=O) groups is 1. The summed E-state index contributed by atoms with van der Waals surface area (Å²) in [6.45, 7) is 4.64. The van der Waals surface area contributed by atoms with Crippen LogP contribution in [-0.4, -0.2) is 39.6 Å². The molecule has 1 heterocycles. The van der Waals surface area contributed by atoms with E-state index in [0.717, 1.165) is 12.0 Å². The first-order valence-corrected chi connectivity index (χ1v) is 11.1. The molecular formula is C22H24ClFN4O2S. The summed E-state index contributed by atoms with van der Waals surface area (Å²) in [5, 5.41) is 12.1. The van der Waals surface area contributed by atoms with E-state index < -0.39 is 5.25 Å². The molecule has 1 amide bonds. The summed E-state index contributed by atoms with van der Waals surface area (Å²) in [5.74, 6) is 0.0248. The number of anilines is 1. The molecule has 0 aliphatic rings. The highest BCUT2D eigenvalue weighted by molar-refractivity contribution is 8.00. The molecule has 0 saturated heterocycles. The Balaban J connectivity index is 1.79. The van der Waals surface area contributed by atoms with E-state index in [0.29, 0.717) is 40.4 Å². The largest absolute Gasteiger partial charge is 0.385 e. The molecule has 3 aromatic rings. The minimum absolute atomic E-state index is 0.251. The molecule has 1 N–H and O–H groups in total. The highest BCUT2D eigenvalue weighted by Crippen LogP contribution is 2.31. The molecule has 31 heavy (non-hydrogen) atoms. The third-order valence-electron chi connectivity index (χ3n) is 4.65. The fraction of sp³-hybridized carbons (Fsp3) is 0.318. The van der Waals surface area contributed by atoms with E-state index in [-0.39, 0.29) is 11.7 Å². The second-order valence-corrected chi connectivity index (χ2v) is 8.71. The standard InChI is InChI=1S/C22H24ClFN4O2S/c1-14-9-10-16(13-19(14)24)25-21(29)15(2)31-22-27-26-20(28(22)11-6-12-30-3)17-7-4-5-8-18(17)23/h4-5,7-10,13,15H,6,11-12H2,1-3H3,(H,25,29). The second kappa shape index (κ2) is 10.7. The maximum atomic E-state index is 13.8. The van der Waals surface area contributed by atoms with Crippen LogP contribution in [0.25, 0.3) is 11.4 Å². The first-order chi connectivity index (χ1) is 14.9. The maximum Gasteiger partial charge on any atom is 0.237 e. The lowest BCUT2D eigenvalue weighted by atomic mass is 10.2. The highest BCUT2D eigenvalue weighted by atomic mass is 35.5. The minimum atomic E-state index is -0.478. The van der Waals surface area contributed by atoms with Crippen molar-refractivity contribution in [1.82, 2.24) is 14.8 Å². The summed E-state index contributed by atoms with van der Waals surface area (Å²) in [4.78, 5) is 12.7. The van der Waals surface area contributed by atoms with Gasteiger partial charge >= 0.3 is 0 Å². The molecule has 3 rings (SSSR count). The van der Waals surface area contributed by atoms with Crippen molar-refractivity contribution in [2.24, 2.45) is 0 Å². The van der Waals surface area contributed by atoms with Crippen molar-refractivity contribution in [2.45, 2.75) is 37.2 Å². The van der Waals surface area contributed by atoms with Gasteiger partial charge in [0.25, 0.3) is 0 Å². The normalized spacial score (nSPS) is 12.0. The molecule has 1 unspecified atom stereocenters. The number of aryl methyl sites for hydroxylation is 1. The number of aromatic nitrogens is 3. The smallest absolute Gasteiger partial charge is 0.237 e. The SMILES string of the molecule is COCCCn1c(SC(C)C(=O)Nc2ccc(C)c(F)c2)nnc1-c1ccccc1Cl. The van der Waals surface area contributed by atoms with Gasteiger partial charge in [0.1, 0.15) is 5.82 Å². The molecule has 1 atom stereocenters. The van der Waals surface area contributed by atoms with Crippen molar-refractivity contribution >= 4 is 35.0 Å². The van der Waals surface area contributed by atoms with E-state index in [1.54, 1.807) is 39.2 Å². The van der Waals surface area contributed by atoms with Crippen molar-refractivity contribution in [3.63, 3.8) is 0 Å². The van der Waals surface area contributed by atoms with Gasteiger partial charge in [-0.15, -0.1) is 10.2 Å². The Bertz CT molecular complexity index is 1060. The lowest BCUT2D eigenvalue weighted by Gasteiger charge is -2.14. The number of ether oxygens (including phenoxy) is 1. The zero-order valence-corrected chi connectivity index (χ0v) is 19.1. The van der Waals surface area contributed by atoms with Gasteiger partial charge in [-0.2, -0.15) is 0 Å². The van der Waals surface area contributed by atoms with Gasteiger partial charge in [0.05, 0.1) is 10.3 Å². The van der Waals surface area contributed by atoms with Crippen LogP contribution >= 0.6 is 23.4 Å². The van der Waals surface area contributed by atoms with Crippen LogP contribution in [-0.2, 0) is 16.1 Å². The minimum Gasteiger partial charge on any atom is -0.385 e. The maximum absolute atomic E-state index is 13.8. The molecule has 0 fully saturated rings. The van der Waals surface area contributed by atoms with Gasteiger partial charge in [0.2, 0.25) is 5.91 Å². The van der Waals surface area contributed by atoms with Gasteiger partial charge in [-0.05, 0) is 50.1 Å². The highest BCUT2D eigenvalue weighted by Gasteiger charge is 2.22. The van der Waals surface area contributed by atoms with E-state index in [1.165, 1.54) is 17.8 Å². The topological polar surface area (TPSA) is 69.0 Å². The summed E-state index contributed by atoms with van der Waals surface area (Å²) in [6, 6.07) is 12.0. The second-order valence-electron chi connectivity index (χ2n) is 7.00. The Hall–Kier alpha value is -2.42. The van der Waals surface area contributed by atoms with Crippen molar-refractivity contribution in [3.05, 3.63) is 58.9 Å². The molecule has 0 spiro atoms. The molecule has 9 heteroatoms. The van der Waals surface area contributed by atoms with Crippen LogP contribution in [0.1, 0.15) is 18.9 Å². The van der Waals surface area contributed by atoms with Crippen LogP contribution in [0, 0.1) is 12.7 Å². The number of carbonyl (C=O) groups excluding carboxylic acids is 1. The summed E-state index contributed by atoms with van der Waals surface area (Å²) < 4.78 is 20.9. The van der Waals surface area contributed by atoms with E-state index in [4.69, 9.17) is 16.3 Å². The van der Waals surface area contributed by atoms with Crippen molar-refractivity contribution < 1.29 is 13.9 Å². The fourth-order valence-electron chi connectivity index (χ4n) is 2.91. The number of rotatable bonds is 9. The van der Waals surface area contributed by atoms with Crippen LogP contribution in [0.3, 0.4) is 0 Å². The average Bonchev–Trinajstić information content (AvgIpc) is 3.13. The summed E-state index contributed by atoms with van der Waals surface area (Å²) in [7, 11) is 1.65. The molecule has 0 aliphatic carbocycles. The van der Waals surface area contributed by atoms with Crippen molar-refractivity contribution in [2.75, 3.05) is 19.0 Å². The van der Waals surface area contributed by atoms with Gasteiger partial charge in [0.15, 0.2) is 11.0 Å². The fourth-order valence-corrected chi connectivity index (χ4v) is 4.01. The zero-order valence-electron chi connectivity index (χ0n) is 17.6. The number of methoxy groups -OCH3 is 1. The molecule has 0 saturated carbocycles. The van der Waals surface area contributed by atoms with Gasteiger partial charge in [0, 0.05) is 31.5 Å². The van der Waals surface area contributed by atoms with Gasteiger partial charge < -0.3 is 14.6 Å². The van der Waals surface area contributed by atoms with Gasteiger partial charge in [-0.1, -0.05) is 41.6 Å². The van der Waals surface area contributed by atoms with Crippen LogP contribution in [0.4, 0.5) is 10.1 Å². The van der Waals surface area contributed by atoms with E-state index in [1.807, 2.05) is 22.8 Å². The van der Waals surface area contributed by atoms with E-state index in [2.05, 4.69) is 15.5 Å². The lowest BCUT2D eigenvalue weighted by Crippen LogP contribution is -2.23. The van der Waals surface area contributed by atoms with Crippen LogP contribution < -0.4 is 5.32 Å². The molecular weight excluding hydrogens is 439 g/mol. The Labute approximate surface area is 190 Å².